The number of fused-ring (bicyclic) bond motifs is 4. The Labute approximate surface area is 235 Å². The maximum atomic E-state index is 16.3. The van der Waals surface area contributed by atoms with Crippen molar-refractivity contribution in [2.75, 3.05) is 25.1 Å². The second-order valence-corrected chi connectivity index (χ2v) is 11.6. The Morgan fingerprint density at radius 1 is 1.20 bits per heavy atom. The second kappa shape index (κ2) is 9.53. The van der Waals surface area contributed by atoms with Gasteiger partial charge in [0.25, 0.3) is 0 Å². The molecule has 0 radical (unpaired) electrons. The Balaban J connectivity index is 1.45. The molecule has 1 amide bonds. The third kappa shape index (κ3) is 4.45. The number of hydrogen-bond donors (Lipinski definition) is 1. The number of rotatable bonds is 4. The molecule has 2 fully saturated rings. The summed E-state index contributed by atoms with van der Waals surface area (Å²) in [6.45, 7) is 5.84. The lowest BCUT2D eigenvalue weighted by Gasteiger charge is -2.46. The van der Waals surface area contributed by atoms with E-state index in [-0.39, 0.29) is 35.6 Å². The molecule has 10 nitrogen and oxygen atoms in total. The number of ether oxygens (including phenoxy) is 2. The molecule has 2 aromatic heterocycles. The van der Waals surface area contributed by atoms with Crippen molar-refractivity contribution in [2.45, 2.75) is 50.8 Å². The SMILES string of the molecule is COc1nc(N2CC3CCC(C=O)(C2)N3C(=O)OC(C)(C)C)c2cnc(-c3cc(O)cc4ccccc34)c(F)c2n1. The Kier molecular flexibility index (Phi) is 6.20. The van der Waals surface area contributed by atoms with Crippen LogP contribution in [-0.4, -0.2) is 74.7 Å². The van der Waals surface area contributed by atoms with Crippen LogP contribution in [0.25, 0.3) is 32.9 Å². The summed E-state index contributed by atoms with van der Waals surface area (Å²) < 4.78 is 27.3. The van der Waals surface area contributed by atoms with Crippen molar-refractivity contribution in [3.8, 4) is 23.0 Å². The van der Waals surface area contributed by atoms with E-state index in [0.29, 0.717) is 36.2 Å². The summed E-state index contributed by atoms with van der Waals surface area (Å²) in [6, 6.07) is 10.0. The third-order valence-electron chi connectivity index (χ3n) is 7.69. The Morgan fingerprint density at radius 3 is 2.71 bits per heavy atom. The number of halogens is 1. The number of amides is 1. The van der Waals surface area contributed by atoms with E-state index < -0.39 is 23.1 Å². The summed E-state index contributed by atoms with van der Waals surface area (Å²) in [5.74, 6) is -0.355. The van der Waals surface area contributed by atoms with Crippen molar-refractivity contribution in [2.24, 2.45) is 0 Å². The number of aldehydes is 1. The Hall–Kier alpha value is -4.54. The molecule has 0 saturated carbocycles. The van der Waals surface area contributed by atoms with Crippen molar-refractivity contribution in [1.29, 1.82) is 0 Å². The average molecular weight is 560 g/mol. The fourth-order valence-electron chi connectivity index (χ4n) is 6.00. The first-order chi connectivity index (χ1) is 19.5. The number of piperazine rings is 1. The van der Waals surface area contributed by atoms with Crippen molar-refractivity contribution in [1.82, 2.24) is 19.9 Å². The lowest BCUT2D eigenvalue weighted by molar-refractivity contribution is -0.118. The highest BCUT2D eigenvalue weighted by Crippen LogP contribution is 2.42. The van der Waals surface area contributed by atoms with Crippen LogP contribution in [0, 0.1) is 5.82 Å². The zero-order valence-electron chi connectivity index (χ0n) is 23.2. The number of pyridine rings is 1. The van der Waals surface area contributed by atoms with Crippen LogP contribution in [0.4, 0.5) is 15.0 Å². The maximum Gasteiger partial charge on any atom is 0.411 e. The summed E-state index contributed by atoms with van der Waals surface area (Å²) in [5.41, 5.74) is -1.40. The van der Waals surface area contributed by atoms with Crippen LogP contribution in [-0.2, 0) is 9.53 Å². The first-order valence-corrected chi connectivity index (χ1v) is 13.4. The molecule has 2 unspecified atom stereocenters. The third-order valence-corrected chi connectivity index (χ3v) is 7.69. The zero-order chi connectivity index (χ0) is 29.1. The normalized spacial score (nSPS) is 20.5. The summed E-state index contributed by atoms with van der Waals surface area (Å²) in [7, 11) is 1.39. The van der Waals surface area contributed by atoms with E-state index in [2.05, 4.69) is 15.0 Å². The molecule has 1 N–H and O–H groups in total. The molecule has 2 aromatic carbocycles. The summed E-state index contributed by atoms with van der Waals surface area (Å²) in [4.78, 5) is 42.4. The molecule has 2 bridgehead atoms. The molecule has 41 heavy (non-hydrogen) atoms. The minimum atomic E-state index is -1.12. The lowest BCUT2D eigenvalue weighted by Crippen LogP contribution is -2.65. The Morgan fingerprint density at radius 2 is 1.98 bits per heavy atom. The van der Waals surface area contributed by atoms with Crippen molar-refractivity contribution < 1.29 is 28.6 Å². The number of phenols is 1. The van der Waals surface area contributed by atoms with Crippen LogP contribution >= 0.6 is 0 Å². The Bertz CT molecular complexity index is 1710. The molecule has 2 aliphatic rings. The van der Waals surface area contributed by atoms with E-state index in [9.17, 15) is 14.7 Å². The van der Waals surface area contributed by atoms with E-state index in [4.69, 9.17) is 9.47 Å². The summed E-state index contributed by atoms with van der Waals surface area (Å²) in [5, 5.41) is 12.1. The van der Waals surface area contributed by atoms with Crippen LogP contribution in [0.2, 0.25) is 0 Å². The minimum Gasteiger partial charge on any atom is -0.508 e. The highest BCUT2D eigenvalue weighted by molar-refractivity contribution is 6.00. The largest absolute Gasteiger partial charge is 0.508 e. The van der Waals surface area contributed by atoms with Crippen molar-refractivity contribution in [3.63, 3.8) is 0 Å². The number of carbonyl (C=O) groups is 2. The van der Waals surface area contributed by atoms with Gasteiger partial charge < -0.3 is 24.3 Å². The van der Waals surface area contributed by atoms with Gasteiger partial charge in [0.2, 0.25) is 0 Å². The smallest absolute Gasteiger partial charge is 0.411 e. The maximum absolute atomic E-state index is 16.3. The standard InChI is InChI=1S/C30H30FN5O5/c1-29(2,3)41-28(39)36-18-9-10-30(36,16-37)15-35(14-18)26-22-13-32-24(23(31)25(22)33-27(34-26)40-4)21-12-19(38)11-17-7-5-6-8-20(17)21/h5-8,11-13,16,18,38H,9-10,14-15H2,1-4H3. The van der Waals surface area contributed by atoms with E-state index in [1.54, 1.807) is 31.7 Å². The van der Waals surface area contributed by atoms with E-state index in [1.165, 1.54) is 19.4 Å². The summed E-state index contributed by atoms with van der Waals surface area (Å²) >= 11 is 0. The number of carbonyl (C=O) groups excluding carboxylic acids is 2. The van der Waals surface area contributed by atoms with Gasteiger partial charge in [-0.15, -0.1) is 0 Å². The van der Waals surface area contributed by atoms with Crippen LogP contribution in [0.5, 0.6) is 11.8 Å². The molecule has 4 heterocycles. The molecule has 4 aromatic rings. The second-order valence-electron chi connectivity index (χ2n) is 11.6. The zero-order valence-corrected chi connectivity index (χ0v) is 23.2. The molecule has 2 saturated heterocycles. The number of anilines is 1. The molecule has 212 valence electrons. The van der Waals surface area contributed by atoms with Crippen molar-refractivity contribution >= 4 is 39.9 Å². The number of phenolic OH excluding ortho intramolecular Hbond substituents is 1. The number of nitrogens with zero attached hydrogens (tertiary/aromatic N) is 5. The van der Waals surface area contributed by atoms with Gasteiger partial charge in [0, 0.05) is 24.8 Å². The van der Waals surface area contributed by atoms with E-state index in [1.807, 2.05) is 29.2 Å². The van der Waals surface area contributed by atoms with Gasteiger partial charge in [-0.25, -0.2) is 9.18 Å². The van der Waals surface area contributed by atoms with Crippen molar-refractivity contribution in [3.05, 3.63) is 48.4 Å². The number of methoxy groups -OCH3 is 1. The van der Waals surface area contributed by atoms with Gasteiger partial charge in [0.05, 0.1) is 18.5 Å². The number of benzene rings is 2. The fraction of sp³-hybridized carbons (Fsp3) is 0.367. The first-order valence-electron chi connectivity index (χ1n) is 13.4. The van der Waals surface area contributed by atoms with Gasteiger partial charge >= 0.3 is 12.1 Å². The quantitative estimate of drug-likeness (QED) is 0.350. The van der Waals surface area contributed by atoms with E-state index in [0.717, 1.165) is 17.1 Å². The molecular weight excluding hydrogens is 529 g/mol. The van der Waals surface area contributed by atoms with Crippen LogP contribution in [0.3, 0.4) is 0 Å². The fourth-order valence-corrected chi connectivity index (χ4v) is 6.00. The van der Waals surface area contributed by atoms with Crippen LogP contribution in [0.15, 0.2) is 42.6 Å². The van der Waals surface area contributed by atoms with Crippen LogP contribution in [0.1, 0.15) is 33.6 Å². The lowest BCUT2D eigenvalue weighted by atomic mass is 9.97. The average Bonchev–Trinajstić information content (AvgIpc) is 3.18. The van der Waals surface area contributed by atoms with Gasteiger partial charge in [-0.05, 0) is 56.5 Å². The predicted molar refractivity (Wildman–Crippen MR) is 151 cm³/mol. The highest BCUT2D eigenvalue weighted by Gasteiger charge is 2.55. The number of aromatic hydroxyl groups is 1. The van der Waals surface area contributed by atoms with Gasteiger partial charge in [-0.2, -0.15) is 9.97 Å². The molecule has 2 aliphatic heterocycles. The van der Waals surface area contributed by atoms with Gasteiger partial charge in [-0.3, -0.25) is 9.88 Å². The van der Waals surface area contributed by atoms with Gasteiger partial charge in [-0.1, -0.05) is 24.3 Å². The number of aromatic nitrogens is 3. The van der Waals surface area contributed by atoms with Crippen LogP contribution < -0.4 is 9.64 Å². The van der Waals surface area contributed by atoms with Gasteiger partial charge in [0.1, 0.15) is 40.2 Å². The van der Waals surface area contributed by atoms with E-state index >= 15 is 4.39 Å². The summed E-state index contributed by atoms with van der Waals surface area (Å²) in [6.07, 6.45) is 2.84. The highest BCUT2D eigenvalue weighted by atomic mass is 19.1. The molecule has 11 heteroatoms. The number of hydrogen-bond acceptors (Lipinski definition) is 9. The molecule has 6 rings (SSSR count). The molecule has 0 aliphatic carbocycles. The minimum absolute atomic E-state index is 0.00801. The topological polar surface area (TPSA) is 118 Å². The predicted octanol–water partition coefficient (Wildman–Crippen LogP) is 4.86. The monoisotopic (exact) mass is 559 g/mol. The molecule has 0 spiro atoms. The van der Waals surface area contributed by atoms with Gasteiger partial charge in [0.15, 0.2) is 5.82 Å². The first kappa shape index (κ1) is 26.7. The molecular formula is C30H30FN5O5. The molecule has 2 atom stereocenters.